The SMILES string of the molecule is CC1(C)c2cc(N(c3ccccc3)c3ccc(-c4ccccc4)cc3)ccc2-c2c(-n3c4ccccc4c4c5ccccc5ccc43)cccc21. The smallest absolute Gasteiger partial charge is 0.0547 e. The standard InChI is InChI=1S/C49H36N2/c1-49(2)42-21-13-23-45(51-44-22-12-11-20-41(44)47-39-19-10-9-16-35(39)26-31-46(47)51)48(42)40-30-29-38(32-43(40)49)50(36-17-7-4-8-18-36)37-27-24-34(25-28-37)33-14-5-3-6-15-33/h3-32H,1-2H3. The summed E-state index contributed by atoms with van der Waals surface area (Å²) in [5.41, 5.74) is 14.7. The van der Waals surface area contributed by atoms with Gasteiger partial charge in [0.1, 0.15) is 0 Å². The predicted molar refractivity (Wildman–Crippen MR) is 216 cm³/mol. The summed E-state index contributed by atoms with van der Waals surface area (Å²) in [7, 11) is 0. The van der Waals surface area contributed by atoms with Crippen LogP contribution in [0.2, 0.25) is 0 Å². The van der Waals surface area contributed by atoms with Crippen molar-refractivity contribution in [1.82, 2.24) is 4.57 Å². The highest BCUT2D eigenvalue weighted by atomic mass is 15.1. The number of fused-ring (bicyclic) bond motifs is 8. The average Bonchev–Trinajstić information content (AvgIpc) is 3.65. The summed E-state index contributed by atoms with van der Waals surface area (Å²) >= 11 is 0. The minimum absolute atomic E-state index is 0.193. The monoisotopic (exact) mass is 652 g/mol. The first-order chi connectivity index (χ1) is 25.1. The lowest BCUT2D eigenvalue weighted by atomic mass is 9.82. The minimum Gasteiger partial charge on any atom is -0.310 e. The molecule has 0 saturated heterocycles. The van der Waals surface area contributed by atoms with Crippen LogP contribution >= 0.6 is 0 Å². The Hall–Kier alpha value is -6.38. The number of nitrogens with zero attached hydrogens (tertiary/aromatic N) is 2. The van der Waals surface area contributed by atoms with Crippen molar-refractivity contribution in [3.63, 3.8) is 0 Å². The maximum atomic E-state index is 2.50. The zero-order valence-electron chi connectivity index (χ0n) is 28.7. The Labute approximate surface area is 298 Å². The van der Waals surface area contributed by atoms with Gasteiger partial charge in [-0.25, -0.2) is 0 Å². The summed E-state index contributed by atoms with van der Waals surface area (Å²) in [6, 6.07) is 66.4. The van der Waals surface area contributed by atoms with Gasteiger partial charge < -0.3 is 9.47 Å². The number of rotatable bonds is 5. The molecule has 0 aliphatic heterocycles. The lowest BCUT2D eigenvalue weighted by Crippen LogP contribution is -2.16. The summed E-state index contributed by atoms with van der Waals surface area (Å²) in [6.07, 6.45) is 0. The molecule has 1 aliphatic rings. The van der Waals surface area contributed by atoms with Crippen molar-refractivity contribution < 1.29 is 0 Å². The first-order valence-corrected chi connectivity index (χ1v) is 17.8. The fourth-order valence-corrected chi connectivity index (χ4v) is 8.54. The van der Waals surface area contributed by atoms with Crippen molar-refractivity contribution in [2.75, 3.05) is 4.90 Å². The third-order valence-electron chi connectivity index (χ3n) is 11.0. The predicted octanol–water partition coefficient (Wildman–Crippen LogP) is 13.4. The van der Waals surface area contributed by atoms with E-state index < -0.39 is 0 Å². The second-order valence-electron chi connectivity index (χ2n) is 14.2. The molecule has 51 heavy (non-hydrogen) atoms. The van der Waals surface area contributed by atoms with Gasteiger partial charge >= 0.3 is 0 Å². The van der Waals surface area contributed by atoms with Gasteiger partial charge in [0.25, 0.3) is 0 Å². The van der Waals surface area contributed by atoms with Crippen LogP contribution in [0.1, 0.15) is 25.0 Å². The van der Waals surface area contributed by atoms with Crippen molar-refractivity contribution in [3.8, 4) is 27.9 Å². The van der Waals surface area contributed by atoms with Crippen LogP contribution in [-0.2, 0) is 5.41 Å². The zero-order chi connectivity index (χ0) is 34.1. The van der Waals surface area contributed by atoms with Gasteiger partial charge in [0.15, 0.2) is 0 Å². The van der Waals surface area contributed by atoms with Crippen molar-refractivity contribution in [2.24, 2.45) is 0 Å². The molecule has 0 radical (unpaired) electrons. The molecular weight excluding hydrogens is 617 g/mol. The Morgan fingerprint density at radius 3 is 1.90 bits per heavy atom. The van der Waals surface area contributed by atoms with E-state index in [0.29, 0.717) is 0 Å². The number of benzene rings is 8. The van der Waals surface area contributed by atoms with E-state index in [0.717, 1.165) is 17.1 Å². The molecular formula is C49H36N2. The molecule has 1 heterocycles. The van der Waals surface area contributed by atoms with Crippen molar-refractivity contribution >= 4 is 49.6 Å². The van der Waals surface area contributed by atoms with Crippen LogP contribution in [0.15, 0.2) is 182 Å². The van der Waals surface area contributed by atoms with E-state index in [9.17, 15) is 0 Å². The molecule has 9 aromatic rings. The Bertz CT molecular complexity index is 2750. The maximum Gasteiger partial charge on any atom is 0.0547 e. The lowest BCUT2D eigenvalue weighted by Gasteiger charge is -2.28. The minimum atomic E-state index is -0.193. The molecule has 10 rings (SSSR count). The van der Waals surface area contributed by atoms with Crippen LogP contribution < -0.4 is 4.90 Å². The largest absolute Gasteiger partial charge is 0.310 e. The number of aromatic nitrogens is 1. The number of para-hydroxylation sites is 2. The highest BCUT2D eigenvalue weighted by Gasteiger charge is 2.38. The Morgan fingerprint density at radius 2 is 1.10 bits per heavy atom. The molecule has 0 atom stereocenters. The van der Waals surface area contributed by atoms with Crippen LogP contribution in [-0.4, -0.2) is 4.57 Å². The van der Waals surface area contributed by atoms with E-state index in [1.807, 2.05) is 0 Å². The van der Waals surface area contributed by atoms with E-state index in [1.165, 1.54) is 71.6 Å². The van der Waals surface area contributed by atoms with Gasteiger partial charge in [-0.1, -0.05) is 141 Å². The van der Waals surface area contributed by atoms with E-state index >= 15 is 0 Å². The maximum absolute atomic E-state index is 2.50. The van der Waals surface area contributed by atoms with Gasteiger partial charge in [0, 0.05) is 38.8 Å². The summed E-state index contributed by atoms with van der Waals surface area (Å²) in [5, 5.41) is 5.15. The summed E-state index contributed by atoms with van der Waals surface area (Å²) < 4.78 is 2.50. The highest BCUT2D eigenvalue weighted by Crippen LogP contribution is 2.53. The van der Waals surface area contributed by atoms with E-state index in [2.05, 4.69) is 205 Å². The van der Waals surface area contributed by atoms with Gasteiger partial charge in [-0.2, -0.15) is 0 Å². The molecule has 0 spiro atoms. The topological polar surface area (TPSA) is 8.17 Å². The molecule has 0 amide bonds. The van der Waals surface area contributed by atoms with Gasteiger partial charge in [-0.05, 0) is 93.2 Å². The molecule has 8 aromatic carbocycles. The highest BCUT2D eigenvalue weighted by molar-refractivity contribution is 6.21. The number of hydrogen-bond acceptors (Lipinski definition) is 1. The van der Waals surface area contributed by atoms with Crippen LogP contribution in [0.25, 0.3) is 60.5 Å². The van der Waals surface area contributed by atoms with Crippen molar-refractivity contribution in [3.05, 3.63) is 193 Å². The summed E-state index contributed by atoms with van der Waals surface area (Å²) in [5.74, 6) is 0. The van der Waals surface area contributed by atoms with Crippen LogP contribution in [0, 0.1) is 0 Å². The third-order valence-corrected chi connectivity index (χ3v) is 11.0. The third kappa shape index (κ3) is 4.50. The molecule has 1 aliphatic carbocycles. The molecule has 0 bridgehead atoms. The van der Waals surface area contributed by atoms with Crippen molar-refractivity contribution in [2.45, 2.75) is 19.3 Å². The molecule has 242 valence electrons. The zero-order valence-corrected chi connectivity index (χ0v) is 28.7. The first kappa shape index (κ1) is 29.5. The summed E-state index contributed by atoms with van der Waals surface area (Å²) in [4.78, 5) is 2.38. The van der Waals surface area contributed by atoms with Gasteiger partial charge in [-0.15, -0.1) is 0 Å². The lowest BCUT2D eigenvalue weighted by molar-refractivity contribution is 0.660. The van der Waals surface area contributed by atoms with Gasteiger partial charge in [-0.3, -0.25) is 0 Å². The summed E-state index contributed by atoms with van der Waals surface area (Å²) in [6.45, 7) is 4.76. The Kier molecular flexibility index (Phi) is 6.56. The second-order valence-corrected chi connectivity index (χ2v) is 14.2. The first-order valence-electron chi connectivity index (χ1n) is 17.8. The number of hydrogen-bond donors (Lipinski definition) is 0. The molecule has 2 nitrogen and oxygen atoms in total. The molecule has 0 N–H and O–H groups in total. The van der Waals surface area contributed by atoms with E-state index in [-0.39, 0.29) is 5.41 Å². The Morgan fingerprint density at radius 1 is 0.451 bits per heavy atom. The van der Waals surface area contributed by atoms with Gasteiger partial charge in [0.05, 0.1) is 16.7 Å². The molecule has 1 aromatic heterocycles. The van der Waals surface area contributed by atoms with E-state index in [4.69, 9.17) is 0 Å². The van der Waals surface area contributed by atoms with Crippen LogP contribution in [0.4, 0.5) is 17.1 Å². The number of anilines is 3. The normalized spacial score (nSPS) is 13.1. The van der Waals surface area contributed by atoms with Crippen LogP contribution in [0.5, 0.6) is 0 Å². The molecule has 0 saturated carbocycles. The molecule has 2 heteroatoms. The molecule has 0 fully saturated rings. The quantitative estimate of drug-likeness (QED) is 0.180. The second kappa shape index (κ2) is 11.3. The Balaban J connectivity index is 1.16. The van der Waals surface area contributed by atoms with Crippen LogP contribution in [0.3, 0.4) is 0 Å². The van der Waals surface area contributed by atoms with E-state index in [1.54, 1.807) is 0 Å². The molecule has 0 unspecified atom stereocenters. The van der Waals surface area contributed by atoms with Gasteiger partial charge in [0.2, 0.25) is 0 Å². The van der Waals surface area contributed by atoms with Crippen molar-refractivity contribution in [1.29, 1.82) is 0 Å². The fraction of sp³-hybridized carbons (Fsp3) is 0.0612. The average molecular weight is 653 g/mol. The fourth-order valence-electron chi connectivity index (χ4n) is 8.54.